The van der Waals surface area contributed by atoms with Crippen molar-refractivity contribution in [3.8, 4) is 11.8 Å². The summed E-state index contributed by atoms with van der Waals surface area (Å²) in [6, 6.07) is 7.02. The molecule has 108 valence electrons. The predicted molar refractivity (Wildman–Crippen MR) is 81.4 cm³/mol. The van der Waals surface area contributed by atoms with Crippen molar-refractivity contribution < 1.29 is 14.3 Å². The van der Waals surface area contributed by atoms with Gasteiger partial charge in [-0.3, -0.25) is 4.79 Å². The number of benzene rings is 1. The summed E-state index contributed by atoms with van der Waals surface area (Å²) < 4.78 is 4.89. The molecule has 1 aromatic heterocycles. The van der Waals surface area contributed by atoms with Crippen molar-refractivity contribution in [3.63, 3.8) is 0 Å². The molecule has 0 unspecified atom stereocenters. The molecule has 0 spiro atoms. The standard InChI is InChI=1S/C16H14ClNO3/c1-11-8-12(4-2-3-6-19)10-13(9-11)18-16(20)14-5-7-21-15(14)17/h5,7-10,19H,3,6H2,1H3,(H,18,20). The number of rotatable bonds is 3. The van der Waals surface area contributed by atoms with Crippen molar-refractivity contribution >= 4 is 23.2 Å². The van der Waals surface area contributed by atoms with Gasteiger partial charge in [-0.05, 0) is 48.4 Å². The molecule has 1 heterocycles. The SMILES string of the molecule is Cc1cc(C#CCCO)cc(NC(=O)c2ccoc2Cl)c1. The van der Waals surface area contributed by atoms with Crippen LogP contribution < -0.4 is 5.32 Å². The minimum absolute atomic E-state index is 0.0292. The number of aryl methyl sites for hydroxylation is 1. The van der Waals surface area contributed by atoms with Crippen LogP contribution in [0.2, 0.25) is 5.22 Å². The van der Waals surface area contributed by atoms with Crippen LogP contribution in [0.4, 0.5) is 5.69 Å². The summed E-state index contributed by atoms with van der Waals surface area (Å²) in [6.45, 7) is 1.94. The first kappa shape index (κ1) is 15.2. The topological polar surface area (TPSA) is 62.5 Å². The maximum Gasteiger partial charge on any atom is 0.260 e. The molecule has 0 radical (unpaired) electrons. The zero-order valence-corrected chi connectivity index (χ0v) is 12.2. The molecule has 2 N–H and O–H groups in total. The van der Waals surface area contributed by atoms with E-state index in [0.717, 1.165) is 11.1 Å². The largest absolute Gasteiger partial charge is 0.452 e. The number of hydrogen-bond acceptors (Lipinski definition) is 3. The van der Waals surface area contributed by atoms with Crippen LogP contribution in [0.5, 0.6) is 0 Å². The zero-order valence-electron chi connectivity index (χ0n) is 11.4. The first-order valence-electron chi connectivity index (χ1n) is 6.36. The molecule has 0 saturated heterocycles. The molecule has 1 aromatic carbocycles. The molecule has 0 bridgehead atoms. The number of carbonyl (C=O) groups excluding carboxylic acids is 1. The second-order valence-electron chi connectivity index (χ2n) is 4.43. The average Bonchev–Trinajstić information content (AvgIpc) is 2.85. The fourth-order valence-corrected chi connectivity index (χ4v) is 2.00. The fourth-order valence-electron chi connectivity index (χ4n) is 1.80. The van der Waals surface area contributed by atoms with E-state index in [0.29, 0.717) is 12.1 Å². The monoisotopic (exact) mass is 303 g/mol. The van der Waals surface area contributed by atoms with E-state index in [9.17, 15) is 4.79 Å². The molecule has 1 amide bonds. The molecule has 0 aliphatic rings. The highest BCUT2D eigenvalue weighted by atomic mass is 35.5. The lowest BCUT2D eigenvalue weighted by atomic mass is 10.1. The van der Waals surface area contributed by atoms with Gasteiger partial charge in [0.2, 0.25) is 5.22 Å². The Kier molecular flexibility index (Phi) is 5.04. The molecular formula is C16H14ClNO3. The Bertz CT molecular complexity index is 710. The molecule has 0 atom stereocenters. The van der Waals surface area contributed by atoms with E-state index in [2.05, 4.69) is 17.2 Å². The van der Waals surface area contributed by atoms with Gasteiger partial charge < -0.3 is 14.8 Å². The van der Waals surface area contributed by atoms with E-state index in [1.165, 1.54) is 12.3 Å². The Morgan fingerprint density at radius 2 is 2.24 bits per heavy atom. The van der Waals surface area contributed by atoms with E-state index >= 15 is 0 Å². The number of halogens is 1. The summed E-state index contributed by atoms with van der Waals surface area (Å²) in [5.74, 6) is 5.45. The van der Waals surface area contributed by atoms with Crippen LogP contribution in [0.25, 0.3) is 0 Å². The van der Waals surface area contributed by atoms with Gasteiger partial charge in [-0.1, -0.05) is 11.8 Å². The average molecular weight is 304 g/mol. The fraction of sp³-hybridized carbons (Fsp3) is 0.188. The van der Waals surface area contributed by atoms with Crippen LogP contribution in [-0.2, 0) is 0 Å². The van der Waals surface area contributed by atoms with Crippen molar-refractivity contribution in [2.24, 2.45) is 0 Å². The van der Waals surface area contributed by atoms with Gasteiger partial charge in [0.15, 0.2) is 0 Å². The van der Waals surface area contributed by atoms with Gasteiger partial charge in [-0.25, -0.2) is 0 Å². The minimum Gasteiger partial charge on any atom is -0.452 e. The van der Waals surface area contributed by atoms with Crippen LogP contribution in [0.15, 0.2) is 34.9 Å². The van der Waals surface area contributed by atoms with Crippen LogP contribution in [-0.4, -0.2) is 17.6 Å². The number of amides is 1. The number of furan rings is 1. The van der Waals surface area contributed by atoms with Crippen molar-refractivity contribution in [1.82, 2.24) is 0 Å². The van der Waals surface area contributed by atoms with Crippen molar-refractivity contribution in [3.05, 3.63) is 52.4 Å². The first-order valence-corrected chi connectivity index (χ1v) is 6.73. The van der Waals surface area contributed by atoms with Crippen molar-refractivity contribution in [2.75, 3.05) is 11.9 Å². The molecule has 0 saturated carbocycles. The second kappa shape index (κ2) is 6.98. The highest BCUT2D eigenvalue weighted by Crippen LogP contribution is 2.20. The van der Waals surface area contributed by atoms with E-state index in [1.807, 2.05) is 19.1 Å². The number of aliphatic hydroxyl groups excluding tert-OH is 1. The molecule has 2 rings (SSSR count). The summed E-state index contributed by atoms with van der Waals surface area (Å²) in [7, 11) is 0. The van der Waals surface area contributed by atoms with Gasteiger partial charge in [0.25, 0.3) is 5.91 Å². The molecular weight excluding hydrogens is 290 g/mol. The van der Waals surface area contributed by atoms with Gasteiger partial charge in [0, 0.05) is 17.7 Å². The maximum absolute atomic E-state index is 12.1. The van der Waals surface area contributed by atoms with E-state index < -0.39 is 0 Å². The number of carbonyl (C=O) groups is 1. The third-order valence-corrected chi connectivity index (χ3v) is 2.96. The highest BCUT2D eigenvalue weighted by molar-refractivity contribution is 6.32. The Hall–Kier alpha value is -2.22. The van der Waals surface area contributed by atoms with Gasteiger partial charge in [0.1, 0.15) is 0 Å². The smallest absolute Gasteiger partial charge is 0.260 e. The number of aliphatic hydroxyl groups is 1. The summed E-state index contributed by atoms with van der Waals surface area (Å²) in [5, 5.41) is 11.5. The lowest BCUT2D eigenvalue weighted by Crippen LogP contribution is -2.11. The van der Waals surface area contributed by atoms with Gasteiger partial charge in [-0.15, -0.1) is 0 Å². The molecule has 21 heavy (non-hydrogen) atoms. The molecule has 2 aromatic rings. The number of hydrogen-bond donors (Lipinski definition) is 2. The summed E-state index contributed by atoms with van der Waals surface area (Å²) in [5.41, 5.74) is 2.66. The van der Waals surface area contributed by atoms with E-state index in [-0.39, 0.29) is 23.3 Å². The molecule has 0 aliphatic heterocycles. The second-order valence-corrected chi connectivity index (χ2v) is 4.77. The molecule has 5 heteroatoms. The Labute approximate surface area is 127 Å². The van der Waals surface area contributed by atoms with E-state index in [4.69, 9.17) is 21.1 Å². The predicted octanol–water partition coefficient (Wildman–Crippen LogP) is 3.23. The van der Waals surface area contributed by atoms with Gasteiger partial charge >= 0.3 is 0 Å². The van der Waals surface area contributed by atoms with Crippen LogP contribution >= 0.6 is 11.6 Å². The minimum atomic E-state index is -0.339. The molecule has 0 aliphatic carbocycles. The van der Waals surface area contributed by atoms with Crippen molar-refractivity contribution in [2.45, 2.75) is 13.3 Å². The van der Waals surface area contributed by atoms with Crippen LogP contribution in [0.1, 0.15) is 27.9 Å². The third kappa shape index (κ3) is 4.12. The normalized spacial score (nSPS) is 9.86. The number of nitrogens with one attached hydrogen (secondary N) is 1. The maximum atomic E-state index is 12.1. The zero-order chi connectivity index (χ0) is 15.2. The third-order valence-electron chi connectivity index (χ3n) is 2.67. The van der Waals surface area contributed by atoms with Crippen LogP contribution in [0.3, 0.4) is 0 Å². The lowest BCUT2D eigenvalue weighted by Gasteiger charge is -2.06. The Morgan fingerprint density at radius 1 is 1.43 bits per heavy atom. The van der Waals surface area contributed by atoms with Crippen LogP contribution in [0, 0.1) is 18.8 Å². The Balaban J connectivity index is 2.19. The Morgan fingerprint density at radius 3 is 2.90 bits per heavy atom. The highest BCUT2D eigenvalue weighted by Gasteiger charge is 2.13. The molecule has 4 nitrogen and oxygen atoms in total. The number of anilines is 1. The summed E-state index contributed by atoms with van der Waals surface area (Å²) in [4.78, 5) is 12.1. The quantitative estimate of drug-likeness (QED) is 0.856. The van der Waals surface area contributed by atoms with Crippen molar-refractivity contribution in [1.29, 1.82) is 0 Å². The first-order chi connectivity index (χ1) is 10.1. The summed E-state index contributed by atoms with van der Waals surface area (Å²) in [6.07, 6.45) is 1.78. The van der Waals surface area contributed by atoms with E-state index in [1.54, 1.807) is 6.07 Å². The summed E-state index contributed by atoms with van der Waals surface area (Å²) >= 11 is 5.77. The van der Waals surface area contributed by atoms with Gasteiger partial charge in [-0.2, -0.15) is 0 Å². The van der Waals surface area contributed by atoms with Gasteiger partial charge in [0.05, 0.1) is 18.4 Å². The molecule has 0 fully saturated rings. The lowest BCUT2D eigenvalue weighted by molar-refractivity contribution is 0.102.